The van der Waals surface area contributed by atoms with Crippen molar-refractivity contribution in [2.45, 2.75) is 51.6 Å². The summed E-state index contributed by atoms with van der Waals surface area (Å²) >= 11 is 13.9. The third-order valence-electron chi connectivity index (χ3n) is 4.10. The molecule has 1 saturated heterocycles. The van der Waals surface area contributed by atoms with Crippen LogP contribution < -0.4 is 5.32 Å². The molecule has 1 aliphatic heterocycles. The first kappa shape index (κ1) is 16.6. The van der Waals surface area contributed by atoms with Crippen LogP contribution in [0.5, 0.6) is 0 Å². The Morgan fingerprint density at radius 3 is 2.85 bits per heavy atom. The van der Waals surface area contributed by atoms with Crippen molar-refractivity contribution in [3.8, 4) is 0 Å². The minimum Gasteiger partial charge on any atom is -0.313 e. The molecule has 2 heterocycles. The third kappa shape index (κ3) is 4.35. The van der Waals surface area contributed by atoms with Gasteiger partial charge in [-0.1, -0.05) is 36.5 Å². The van der Waals surface area contributed by atoms with Gasteiger partial charge in [-0.05, 0) is 45.3 Å². The maximum absolute atomic E-state index is 6.33. The highest BCUT2D eigenvalue weighted by molar-refractivity contribution is 7.20. The summed E-state index contributed by atoms with van der Waals surface area (Å²) in [6.45, 7) is 7.87. The lowest BCUT2D eigenvalue weighted by atomic mass is 10.1. The van der Waals surface area contributed by atoms with Crippen molar-refractivity contribution in [3.63, 3.8) is 0 Å². The number of nitrogens with one attached hydrogen (secondary N) is 1. The zero-order chi connectivity index (χ0) is 14.5. The fraction of sp³-hybridized carbons (Fsp3) is 0.733. The molecule has 2 unspecified atom stereocenters. The molecule has 114 valence electrons. The Bertz CT molecular complexity index is 416. The average molecular weight is 335 g/mol. The number of nitrogens with zero attached hydrogens (tertiary/aromatic N) is 1. The van der Waals surface area contributed by atoms with Gasteiger partial charge in [-0.15, -0.1) is 11.3 Å². The van der Waals surface area contributed by atoms with E-state index in [2.05, 4.69) is 24.1 Å². The van der Waals surface area contributed by atoms with Crippen LogP contribution in [0.15, 0.2) is 6.07 Å². The molecule has 0 aliphatic carbocycles. The molecular weight excluding hydrogens is 311 g/mol. The lowest BCUT2D eigenvalue weighted by Crippen LogP contribution is -2.39. The fourth-order valence-electron chi connectivity index (χ4n) is 2.83. The standard InChI is InChI=1S/C15H24Cl2N2S/c1-3-4-8-19(10-12-6-5-7-18-12)11(2)13-9-14(16)20-15(13)17/h9,11-12,18H,3-8,10H2,1-2H3. The minimum absolute atomic E-state index is 0.334. The summed E-state index contributed by atoms with van der Waals surface area (Å²) in [4.78, 5) is 2.55. The monoisotopic (exact) mass is 334 g/mol. The second kappa shape index (κ2) is 8.00. The Hall–Kier alpha value is 0.200. The number of rotatable bonds is 7. The first-order chi connectivity index (χ1) is 9.61. The van der Waals surface area contributed by atoms with E-state index in [0.29, 0.717) is 12.1 Å². The maximum atomic E-state index is 6.33. The summed E-state index contributed by atoms with van der Waals surface area (Å²) in [5.41, 5.74) is 1.18. The molecule has 2 nitrogen and oxygen atoms in total. The topological polar surface area (TPSA) is 15.3 Å². The largest absolute Gasteiger partial charge is 0.313 e. The molecule has 0 bridgehead atoms. The molecule has 1 aromatic rings. The molecule has 2 rings (SSSR count). The highest BCUT2D eigenvalue weighted by Crippen LogP contribution is 2.37. The van der Waals surface area contributed by atoms with E-state index in [9.17, 15) is 0 Å². The molecule has 0 radical (unpaired) electrons. The van der Waals surface area contributed by atoms with Crippen LogP contribution in [0.3, 0.4) is 0 Å². The van der Waals surface area contributed by atoms with Crippen LogP contribution in [0, 0.1) is 0 Å². The predicted octanol–water partition coefficient (Wildman–Crippen LogP) is 4.97. The van der Waals surface area contributed by atoms with Crippen LogP contribution >= 0.6 is 34.5 Å². The van der Waals surface area contributed by atoms with Crippen molar-refractivity contribution in [2.75, 3.05) is 19.6 Å². The highest BCUT2D eigenvalue weighted by Gasteiger charge is 2.24. The molecule has 2 atom stereocenters. The molecular formula is C15H24Cl2N2S. The van der Waals surface area contributed by atoms with Gasteiger partial charge in [-0.2, -0.15) is 0 Å². The Morgan fingerprint density at radius 2 is 2.30 bits per heavy atom. The van der Waals surface area contributed by atoms with Crippen LogP contribution in [-0.4, -0.2) is 30.6 Å². The van der Waals surface area contributed by atoms with Gasteiger partial charge in [0.2, 0.25) is 0 Å². The first-order valence-corrected chi connectivity index (χ1v) is 9.11. The summed E-state index contributed by atoms with van der Waals surface area (Å²) in [7, 11) is 0. The Labute approximate surface area is 136 Å². The van der Waals surface area contributed by atoms with Crippen molar-refractivity contribution in [1.82, 2.24) is 10.2 Å². The van der Waals surface area contributed by atoms with Crippen molar-refractivity contribution in [3.05, 3.63) is 20.3 Å². The van der Waals surface area contributed by atoms with E-state index in [4.69, 9.17) is 23.2 Å². The van der Waals surface area contributed by atoms with Gasteiger partial charge >= 0.3 is 0 Å². The lowest BCUT2D eigenvalue weighted by molar-refractivity contribution is 0.190. The normalized spacial score (nSPS) is 20.8. The molecule has 1 N–H and O–H groups in total. The molecule has 20 heavy (non-hydrogen) atoms. The van der Waals surface area contributed by atoms with Crippen molar-refractivity contribution < 1.29 is 0 Å². The predicted molar refractivity (Wildman–Crippen MR) is 90.3 cm³/mol. The van der Waals surface area contributed by atoms with E-state index in [1.165, 1.54) is 42.6 Å². The van der Waals surface area contributed by atoms with E-state index in [1.807, 2.05) is 6.07 Å². The lowest BCUT2D eigenvalue weighted by Gasteiger charge is -2.31. The Kier molecular flexibility index (Phi) is 6.63. The summed E-state index contributed by atoms with van der Waals surface area (Å²) in [5, 5.41) is 3.59. The molecule has 1 fully saturated rings. The van der Waals surface area contributed by atoms with Crippen LogP contribution in [0.25, 0.3) is 0 Å². The summed E-state index contributed by atoms with van der Waals surface area (Å²) < 4.78 is 1.62. The second-order valence-electron chi connectivity index (χ2n) is 5.60. The molecule has 0 saturated carbocycles. The van der Waals surface area contributed by atoms with Gasteiger partial charge in [0.1, 0.15) is 0 Å². The average Bonchev–Trinajstić information content (AvgIpc) is 3.03. The molecule has 0 spiro atoms. The van der Waals surface area contributed by atoms with Gasteiger partial charge in [0, 0.05) is 24.2 Å². The van der Waals surface area contributed by atoms with E-state index in [-0.39, 0.29) is 0 Å². The molecule has 0 amide bonds. The third-order valence-corrected chi connectivity index (χ3v) is 5.62. The van der Waals surface area contributed by atoms with E-state index in [0.717, 1.165) is 28.3 Å². The van der Waals surface area contributed by atoms with Crippen molar-refractivity contribution in [1.29, 1.82) is 0 Å². The molecule has 5 heteroatoms. The van der Waals surface area contributed by atoms with Crippen molar-refractivity contribution >= 4 is 34.5 Å². The molecule has 1 aliphatic rings. The van der Waals surface area contributed by atoms with Gasteiger partial charge in [0.05, 0.1) is 8.67 Å². The van der Waals surface area contributed by atoms with Crippen LogP contribution in [0.2, 0.25) is 8.67 Å². The molecule has 1 aromatic heterocycles. The van der Waals surface area contributed by atoms with Gasteiger partial charge in [-0.25, -0.2) is 0 Å². The van der Waals surface area contributed by atoms with Gasteiger partial charge in [-0.3, -0.25) is 4.90 Å². The number of unbranched alkanes of at least 4 members (excludes halogenated alkanes) is 1. The quantitative estimate of drug-likeness (QED) is 0.757. The molecule has 0 aromatic carbocycles. The van der Waals surface area contributed by atoms with Crippen LogP contribution in [0.1, 0.15) is 51.1 Å². The minimum atomic E-state index is 0.334. The van der Waals surface area contributed by atoms with Crippen molar-refractivity contribution in [2.24, 2.45) is 0 Å². The van der Waals surface area contributed by atoms with E-state index < -0.39 is 0 Å². The zero-order valence-corrected chi connectivity index (χ0v) is 14.6. The number of hydrogen-bond acceptors (Lipinski definition) is 3. The Morgan fingerprint density at radius 1 is 1.50 bits per heavy atom. The summed E-state index contributed by atoms with van der Waals surface area (Å²) in [5.74, 6) is 0. The van der Waals surface area contributed by atoms with Crippen LogP contribution in [-0.2, 0) is 0 Å². The first-order valence-electron chi connectivity index (χ1n) is 7.54. The fourth-order valence-corrected chi connectivity index (χ4v) is 4.47. The number of hydrogen-bond donors (Lipinski definition) is 1. The number of thiophene rings is 1. The van der Waals surface area contributed by atoms with E-state index >= 15 is 0 Å². The van der Waals surface area contributed by atoms with Gasteiger partial charge in [0.15, 0.2) is 0 Å². The summed E-state index contributed by atoms with van der Waals surface area (Å²) in [6.07, 6.45) is 5.03. The SMILES string of the molecule is CCCCN(CC1CCCN1)C(C)c1cc(Cl)sc1Cl. The Balaban J connectivity index is 2.05. The van der Waals surface area contributed by atoms with E-state index in [1.54, 1.807) is 0 Å². The second-order valence-corrected chi connectivity index (χ2v) is 7.88. The van der Waals surface area contributed by atoms with Gasteiger partial charge in [0.25, 0.3) is 0 Å². The maximum Gasteiger partial charge on any atom is 0.0991 e. The van der Waals surface area contributed by atoms with Gasteiger partial charge < -0.3 is 5.32 Å². The number of halogens is 2. The zero-order valence-electron chi connectivity index (χ0n) is 12.3. The van der Waals surface area contributed by atoms with Crippen LogP contribution in [0.4, 0.5) is 0 Å². The smallest absolute Gasteiger partial charge is 0.0991 e. The summed E-state index contributed by atoms with van der Waals surface area (Å²) in [6, 6.07) is 2.99. The highest BCUT2D eigenvalue weighted by atomic mass is 35.5.